The van der Waals surface area contributed by atoms with Gasteiger partial charge in [0.05, 0.1) is 19.8 Å². The molecule has 1 aromatic rings. The van der Waals surface area contributed by atoms with Gasteiger partial charge in [0.1, 0.15) is 11.8 Å². The van der Waals surface area contributed by atoms with Gasteiger partial charge in [-0.1, -0.05) is 0 Å². The predicted molar refractivity (Wildman–Crippen MR) is 70.2 cm³/mol. The molecule has 1 rings (SSSR count). The second kappa shape index (κ2) is 7.16. The second-order valence-corrected chi connectivity index (χ2v) is 4.46. The largest absolute Gasteiger partial charge is 0.467 e. The standard InChI is InChI=1S/C12H19N3O6/c1-5(17)8(13)11-15-9(6(2)21-11)10(18)14-7(4-16)12(19)20-3/h5,7-8,16-17H,4,13H2,1-3H3,(H,14,18)/t5-,7+,8+/m1/s1. The molecular formula is C12H19N3O6. The van der Waals surface area contributed by atoms with Gasteiger partial charge < -0.3 is 30.4 Å². The summed E-state index contributed by atoms with van der Waals surface area (Å²) < 4.78 is 9.66. The van der Waals surface area contributed by atoms with Crippen molar-refractivity contribution in [3.8, 4) is 0 Å². The number of hydrogen-bond donors (Lipinski definition) is 4. The molecule has 0 saturated carbocycles. The number of nitrogens with two attached hydrogens (primary N) is 1. The van der Waals surface area contributed by atoms with E-state index in [0.29, 0.717) is 0 Å². The Hall–Kier alpha value is -1.97. The molecule has 0 fully saturated rings. The van der Waals surface area contributed by atoms with Crippen molar-refractivity contribution < 1.29 is 29.0 Å². The SMILES string of the molecule is COC(=O)[C@H](CO)NC(=O)c1nc([C@@H](N)[C@@H](C)O)oc1C. The summed E-state index contributed by atoms with van der Waals surface area (Å²) in [5.41, 5.74) is 5.59. The van der Waals surface area contributed by atoms with Crippen LogP contribution in [0.25, 0.3) is 0 Å². The monoisotopic (exact) mass is 301 g/mol. The van der Waals surface area contributed by atoms with E-state index in [4.69, 9.17) is 15.3 Å². The Balaban J connectivity index is 2.90. The first-order valence-electron chi connectivity index (χ1n) is 6.22. The lowest BCUT2D eigenvalue weighted by atomic mass is 10.2. The lowest BCUT2D eigenvalue weighted by Crippen LogP contribution is -2.44. The second-order valence-electron chi connectivity index (χ2n) is 4.46. The Morgan fingerprint density at radius 2 is 2.14 bits per heavy atom. The lowest BCUT2D eigenvalue weighted by molar-refractivity contribution is -0.143. The maximum Gasteiger partial charge on any atom is 0.330 e. The Morgan fingerprint density at radius 3 is 2.62 bits per heavy atom. The third kappa shape index (κ3) is 4.00. The van der Waals surface area contributed by atoms with Gasteiger partial charge in [-0.3, -0.25) is 4.79 Å². The minimum absolute atomic E-state index is 0.00580. The van der Waals surface area contributed by atoms with Crippen LogP contribution in [0.3, 0.4) is 0 Å². The summed E-state index contributed by atoms with van der Waals surface area (Å²) in [5, 5.41) is 20.7. The van der Waals surface area contributed by atoms with E-state index >= 15 is 0 Å². The molecule has 0 aliphatic rings. The number of nitrogens with zero attached hydrogens (tertiary/aromatic N) is 1. The highest BCUT2D eigenvalue weighted by Crippen LogP contribution is 2.17. The number of esters is 1. The van der Waals surface area contributed by atoms with Crippen molar-refractivity contribution in [3.05, 3.63) is 17.3 Å². The minimum Gasteiger partial charge on any atom is -0.467 e. The molecule has 0 bridgehead atoms. The van der Waals surface area contributed by atoms with Crippen LogP contribution in [-0.2, 0) is 9.53 Å². The van der Waals surface area contributed by atoms with Crippen LogP contribution in [0.4, 0.5) is 0 Å². The number of carbonyl (C=O) groups is 2. The summed E-state index contributed by atoms with van der Waals surface area (Å²) in [6.45, 7) is 2.34. The van der Waals surface area contributed by atoms with E-state index in [0.717, 1.165) is 7.11 Å². The van der Waals surface area contributed by atoms with Crippen molar-refractivity contribution in [3.63, 3.8) is 0 Å². The highest BCUT2D eigenvalue weighted by molar-refractivity contribution is 5.96. The molecule has 0 saturated heterocycles. The number of rotatable bonds is 6. The molecule has 3 atom stereocenters. The van der Waals surface area contributed by atoms with Crippen molar-refractivity contribution in [2.45, 2.75) is 32.0 Å². The van der Waals surface area contributed by atoms with E-state index in [9.17, 15) is 14.7 Å². The van der Waals surface area contributed by atoms with Crippen molar-refractivity contribution in [1.82, 2.24) is 10.3 Å². The Morgan fingerprint density at radius 1 is 1.52 bits per heavy atom. The highest BCUT2D eigenvalue weighted by Gasteiger charge is 2.27. The molecule has 1 amide bonds. The van der Waals surface area contributed by atoms with Gasteiger partial charge in [-0.25, -0.2) is 9.78 Å². The average Bonchev–Trinajstić information content (AvgIpc) is 2.84. The van der Waals surface area contributed by atoms with Gasteiger partial charge in [-0.15, -0.1) is 0 Å². The molecule has 9 heteroatoms. The third-order valence-corrected chi connectivity index (χ3v) is 2.81. The molecular weight excluding hydrogens is 282 g/mol. The summed E-state index contributed by atoms with van der Waals surface area (Å²) >= 11 is 0. The first-order valence-corrected chi connectivity index (χ1v) is 6.22. The van der Waals surface area contributed by atoms with Gasteiger partial charge in [-0.05, 0) is 13.8 Å². The van der Waals surface area contributed by atoms with E-state index in [1.54, 1.807) is 0 Å². The summed E-state index contributed by atoms with van der Waals surface area (Å²) in [4.78, 5) is 27.2. The summed E-state index contributed by atoms with van der Waals surface area (Å²) in [5.74, 6) is -1.32. The maximum absolute atomic E-state index is 12.0. The van der Waals surface area contributed by atoms with E-state index in [1.807, 2.05) is 0 Å². The van der Waals surface area contributed by atoms with Crippen LogP contribution in [0, 0.1) is 6.92 Å². The van der Waals surface area contributed by atoms with Crippen molar-refractivity contribution in [1.29, 1.82) is 0 Å². The number of amides is 1. The fourth-order valence-corrected chi connectivity index (χ4v) is 1.52. The molecule has 118 valence electrons. The Kier molecular flexibility index (Phi) is 5.82. The zero-order valence-electron chi connectivity index (χ0n) is 12.0. The molecule has 9 nitrogen and oxygen atoms in total. The molecule has 21 heavy (non-hydrogen) atoms. The first kappa shape index (κ1) is 17.1. The average molecular weight is 301 g/mol. The fraction of sp³-hybridized carbons (Fsp3) is 0.583. The van der Waals surface area contributed by atoms with Crippen LogP contribution in [0.2, 0.25) is 0 Å². The van der Waals surface area contributed by atoms with Crippen LogP contribution >= 0.6 is 0 Å². The van der Waals surface area contributed by atoms with Crippen LogP contribution in [0.5, 0.6) is 0 Å². The molecule has 0 aliphatic carbocycles. The quantitative estimate of drug-likeness (QED) is 0.470. The fourth-order valence-electron chi connectivity index (χ4n) is 1.52. The van der Waals surface area contributed by atoms with Gasteiger partial charge >= 0.3 is 5.97 Å². The summed E-state index contributed by atoms with van der Waals surface area (Å²) in [6.07, 6.45) is -0.903. The number of aryl methyl sites for hydroxylation is 1. The molecule has 0 aromatic carbocycles. The molecule has 0 spiro atoms. The number of hydrogen-bond acceptors (Lipinski definition) is 8. The minimum atomic E-state index is -1.20. The molecule has 1 heterocycles. The molecule has 0 radical (unpaired) electrons. The number of oxazole rings is 1. The topological polar surface area (TPSA) is 148 Å². The molecule has 0 aliphatic heterocycles. The van der Waals surface area contributed by atoms with Gasteiger partial charge in [-0.2, -0.15) is 0 Å². The Labute approximate surface area is 121 Å². The molecule has 5 N–H and O–H groups in total. The van der Waals surface area contributed by atoms with Crippen molar-refractivity contribution in [2.24, 2.45) is 5.73 Å². The van der Waals surface area contributed by atoms with Gasteiger partial charge in [0.2, 0.25) is 5.89 Å². The van der Waals surface area contributed by atoms with Crippen molar-refractivity contribution in [2.75, 3.05) is 13.7 Å². The number of carbonyl (C=O) groups excluding carboxylic acids is 2. The van der Waals surface area contributed by atoms with E-state index in [2.05, 4.69) is 15.0 Å². The molecule has 0 unspecified atom stereocenters. The maximum atomic E-state index is 12.0. The van der Waals surface area contributed by atoms with Gasteiger partial charge in [0.15, 0.2) is 11.7 Å². The smallest absolute Gasteiger partial charge is 0.330 e. The van der Waals surface area contributed by atoms with E-state index in [-0.39, 0.29) is 17.3 Å². The zero-order valence-corrected chi connectivity index (χ0v) is 12.0. The number of aliphatic hydroxyl groups is 2. The number of nitrogens with one attached hydrogen (secondary N) is 1. The van der Waals surface area contributed by atoms with Crippen LogP contribution in [0.15, 0.2) is 4.42 Å². The van der Waals surface area contributed by atoms with Crippen LogP contribution in [0.1, 0.15) is 35.1 Å². The van der Waals surface area contributed by atoms with E-state index in [1.165, 1.54) is 13.8 Å². The number of ether oxygens (including phenoxy) is 1. The number of aromatic nitrogens is 1. The third-order valence-electron chi connectivity index (χ3n) is 2.81. The van der Waals surface area contributed by atoms with Crippen molar-refractivity contribution >= 4 is 11.9 Å². The highest BCUT2D eigenvalue weighted by atomic mass is 16.5. The van der Waals surface area contributed by atoms with Gasteiger partial charge in [0, 0.05) is 0 Å². The number of methoxy groups -OCH3 is 1. The summed E-state index contributed by atoms with van der Waals surface area (Å²) in [6, 6.07) is -2.08. The predicted octanol–water partition coefficient (Wildman–Crippen LogP) is -1.37. The van der Waals surface area contributed by atoms with Crippen LogP contribution in [-0.4, -0.2) is 52.9 Å². The number of aliphatic hydroxyl groups excluding tert-OH is 2. The van der Waals surface area contributed by atoms with Gasteiger partial charge in [0.25, 0.3) is 5.91 Å². The zero-order chi connectivity index (χ0) is 16.2. The summed E-state index contributed by atoms with van der Waals surface area (Å²) in [7, 11) is 1.14. The molecule has 1 aromatic heterocycles. The van der Waals surface area contributed by atoms with E-state index < -0.39 is 36.7 Å². The lowest BCUT2D eigenvalue weighted by Gasteiger charge is -2.12. The first-order chi connectivity index (χ1) is 9.81. The normalized spacial score (nSPS) is 15.1. The van der Waals surface area contributed by atoms with Crippen LogP contribution < -0.4 is 11.1 Å². The Bertz CT molecular complexity index is 513.